The van der Waals surface area contributed by atoms with Crippen LogP contribution in [0, 0.1) is 11.8 Å². The molecule has 1 saturated carbocycles. The van der Waals surface area contributed by atoms with Gasteiger partial charge in [0.15, 0.2) is 0 Å². The van der Waals surface area contributed by atoms with Crippen LogP contribution in [0.25, 0.3) is 0 Å². The molecule has 3 heteroatoms. The summed E-state index contributed by atoms with van der Waals surface area (Å²) in [5, 5.41) is 0. The van der Waals surface area contributed by atoms with E-state index in [0.717, 1.165) is 24.4 Å². The quantitative estimate of drug-likeness (QED) is 0.868. The summed E-state index contributed by atoms with van der Waals surface area (Å²) in [5.74, 6) is 1.71. The minimum Gasteiger partial charge on any atom is -0.329 e. The average Bonchev–Trinajstić information content (AvgIpc) is 3.02. The highest BCUT2D eigenvalue weighted by atomic mass is 15.3. The molecule has 3 aliphatic rings. The first kappa shape index (κ1) is 15.8. The molecule has 0 amide bonds. The fourth-order valence-electron chi connectivity index (χ4n) is 5.04. The van der Waals surface area contributed by atoms with Crippen LogP contribution in [-0.4, -0.2) is 54.1 Å². The van der Waals surface area contributed by atoms with E-state index in [1.165, 1.54) is 71.1 Å². The van der Waals surface area contributed by atoms with E-state index in [-0.39, 0.29) is 0 Å². The molecule has 21 heavy (non-hydrogen) atoms. The van der Waals surface area contributed by atoms with Crippen molar-refractivity contribution < 1.29 is 0 Å². The first-order chi connectivity index (χ1) is 10.1. The molecule has 0 bridgehead atoms. The lowest BCUT2D eigenvalue weighted by Crippen LogP contribution is -2.57. The Bertz CT molecular complexity index is 339. The smallest absolute Gasteiger partial charge is 0.0335 e. The molecule has 122 valence electrons. The molecule has 0 spiro atoms. The Kier molecular flexibility index (Phi) is 4.92. The van der Waals surface area contributed by atoms with Crippen LogP contribution in [-0.2, 0) is 0 Å². The van der Waals surface area contributed by atoms with Crippen molar-refractivity contribution in [3.63, 3.8) is 0 Å². The summed E-state index contributed by atoms with van der Waals surface area (Å²) in [6.45, 7) is 10.9. The van der Waals surface area contributed by atoms with E-state index in [2.05, 4.69) is 23.6 Å². The first-order valence-electron chi connectivity index (χ1n) is 9.34. The molecule has 3 nitrogen and oxygen atoms in total. The van der Waals surface area contributed by atoms with Crippen molar-refractivity contribution in [3.05, 3.63) is 0 Å². The van der Waals surface area contributed by atoms with Gasteiger partial charge >= 0.3 is 0 Å². The second-order valence-electron chi connectivity index (χ2n) is 8.11. The molecule has 2 aliphatic heterocycles. The zero-order valence-corrected chi connectivity index (χ0v) is 14.2. The van der Waals surface area contributed by atoms with Crippen LogP contribution in [0.4, 0.5) is 0 Å². The predicted octanol–water partition coefficient (Wildman–Crippen LogP) is 2.70. The van der Waals surface area contributed by atoms with Gasteiger partial charge in [0.2, 0.25) is 0 Å². The van der Waals surface area contributed by atoms with Crippen LogP contribution in [0.15, 0.2) is 0 Å². The molecule has 0 aromatic carbocycles. The van der Waals surface area contributed by atoms with Crippen molar-refractivity contribution in [2.24, 2.45) is 17.6 Å². The summed E-state index contributed by atoms with van der Waals surface area (Å²) < 4.78 is 0. The van der Waals surface area contributed by atoms with Crippen molar-refractivity contribution in [3.8, 4) is 0 Å². The Hall–Kier alpha value is -0.120. The van der Waals surface area contributed by atoms with Crippen LogP contribution in [0.3, 0.4) is 0 Å². The van der Waals surface area contributed by atoms with E-state index in [0.29, 0.717) is 5.54 Å². The van der Waals surface area contributed by atoms with Gasteiger partial charge < -0.3 is 5.73 Å². The maximum Gasteiger partial charge on any atom is 0.0335 e. The molecule has 4 unspecified atom stereocenters. The van der Waals surface area contributed by atoms with Crippen molar-refractivity contribution in [1.29, 1.82) is 0 Å². The van der Waals surface area contributed by atoms with E-state index in [1.54, 1.807) is 0 Å². The fourth-order valence-corrected chi connectivity index (χ4v) is 5.04. The lowest BCUT2D eigenvalue weighted by Gasteiger charge is -2.48. The van der Waals surface area contributed by atoms with Gasteiger partial charge in [-0.05, 0) is 63.5 Å². The normalized spacial score (nSPS) is 43.3. The van der Waals surface area contributed by atoms with Crippen LogP contribution >= 0.6 is 0 Å². The zero-order chi connectivity index (χ0) is 14.9. The summed E-state index contributed by atoms with van der Waals surface area (Å²) in [4.78, 5) is 5.55. The summed E-state index contributed by atoms with van der Waals surface area (Å²) in [6, 6.07) is 0.809. The van der Waals surface area contributed by atoms with Crippen LogP contribution < -0.4 is 5.73 Å². The molecular formula is C18H35N3. The summed E-state index contributed by atoms with van der Waals surface area (Å²) in [7, 11) is 0. The summed E-state index contributed by atoms with van der Waals surface area (Å²) >= 11 is 0. The molecule has 2 heterocycles. The maximum absolute atomic E-state index is 6.29. The second kappa shape index (κ2) is 6.55. The van der Waals surface area contributed by atoms with Gasteiger partial charge in [-0.15, -0.1) is 0 Å². The molecule has 4 atom stereocenters. The second-order valence-corrected chi connectivity index (χ2v) is 8.11. The van der Waals surface area contributed by atoms with Crippen LogP contribution in [0.5, 0.6) is 0 Å². The Morgan fingerprint density at radius 3 is 2.43 bits per heavy atom. The molecule has 0 radical (unpaired) electrons. The van der Waals surface area contributed by atoms with Crippen molar-refractivity contribution in [2.75, 3.05) is 32.7 Å². The largest absolute Gasteiger partial charge is 0.329 e. The van der Waals surface area contributed by atoms with Gasteiger partial charge in [0.05, 0.1) is 0 Å². The van der Waals surface area contributed by atoms with E-state index >= 15 is 0 Å². The highest BCUT2D eigenvalue weighted by Crippen LogP contribution is 2.41. The van der Waals surface area contributed by atoms with Crippen molar-refractivity contribution in [2.45, 2.75) is 70.4 Å². The van der Waals surface area contributed by atoms with Crippen LogP contribution in [0.2, 0.25) is 0 Å². The van der Waals surface area contributed by atoms with Gasteiger partial charge in [0.1, 0.15) is 0 Å². The highest BCUT2D eigenvalue weighted by Gasteiger charge is 2.44. The molecule has 3 rings (SSSR count). The molecule has 0 aromatic heterocycles. The van der Waals surface area contributed by atoms with E-state index < -0.39 is 0 Å². The molecule has 2 N–H and O–H groups in total. The standard InChI is InChI=1S/C18H35N3/c1-15-6-8-18(14-19,12-16(15)2)21-11-7-17(13-21)20-9-4-3-5-10-20/h15-17H,3-14,19H2,1-2H3. The third-order valence-electron chi connectivity index (χ3n) is 6.86. The van der Waals surface area contributed by atoms with E-state index in [1.807, 2.05) is 0 Å². The number of rotatable bonds is 3. The first-order valence-corrected chi connectivity index (χ1v) is 9.34. The SMILES string of the molecule is CC1CCC(CN)(N2CCC(N3CCCCC3)C2)CC1C. The zero-order valence-electron chi connectivity index (χ0n) is 14.2. The van der Waals surface area contributed by atoms with Gasteiger partial charge in [0.25, 0.3) is 0 Å². The third kappa shape index (κ3) is 3.16. The molecule has 3 fully saturated rings. The van der Waals surface area contributed by atoms with E-state index in [4.69, 9.17) is 5.73 Å². The topological polar surface area (TPSA) is 32.5 Å². The van der Waals surface area contributed by atoms with Crippen LogP contribution in [0.1, 0.15) is 58.8 Å². The number of likely N-dealkylation sites (tertiary alicyclic amines) is 2. The predicted molar refractivity (Wildman–Crippen MR) is 89.4 cm³/mol. The Morgan fingerprint density at radius 1 is 1.00 bits per heavy atom. The average molecular weight is 293 g/mol. The number of nitrogens with zero attached hydrogens (tertiary/aromatic N) is 2. The molecule has 0 aromatic rings. The van der Waals surface area contributed by atoms with E-state index in [9.17, 15) is 0 Å². The fraction of sp³-hybridized carbons (Fsp3) is 1.00. The number of piperidine rings is 1. The third-order valence-corrected chi connectivity index (χ3v) is 6.86. The lowest BCUT2D eigenvalue weighted by molar-refractivity contribution is 0.0314. The van der Waals surface area contributed by atoms with Gasteiger partial charge in [0, 0.05) is 31.2 Å². The van der Waals surface area contributed by atoms with Crippen molar-refractivity contribution >= 4 is 0 Å². The van der Waals surface area contributed by atoms with Gasteiger partial charge in [-0.25, -0.2) is 0 Å². The van der Waals surface area contributed by atoms with Gasteiger partial charge in [-0.2, -0.15) is 0 Å². The number of hydrogen-bond donors (Lipinski definition) is 1. The lowest BCUT2D eigenvalue weighted by atomic mass is 9.70. The Morgan fingerprint density at radius 2 is 1.76 bits per heavy atom. The molecule has 2 saturated heterocycles. The minimum absolute atomic E-state index is 0.316. The summed E-state index contributed by atoms with van der Waals surface area (Å²) in [6.07, 6.45) is 9.63. The minimum atomic E-state index is 0.316. The van der Waals surface area contributed by atoms with Gasteiger partial charge in [-0.3, -0.25) is 9.80 Å². The number of hydrogen-bond acceptors (Lipinski definition) is 3. The van der Waals surface area contributed by atoms with Crippen molar-refractivity contribution in [1.82, 2.24) is 9.80 Å². The summed E-state index contributed by atoms with van der Waals surface area (Å²) in [5.41, 5.74) is 6.61. The maximum atomic E-state index is 6.29. The molecule has 1 aliphatic carbocycles. The van der Waals surface area contributed by atoms with Gasteiger partial charge in [-0.1, -0.05) is 20.3 Å². The monoisotopic (exact) mass is 293 g/mol. The Balaban J connectivity index is 1.63. The number of nitrogens with two attached hydrogens (primary N) is 1. The highest BCUT2D eigenvalue weighted by molar-refractivity contribution is 5.01. The molecular weight excluding hydrogens is 258 g/mol. The Labute approximate surface area is 131 Å².